The van der Waals surface area contributed by atoms with Crippen molar-refractivity contribution in [1.82, 2.24) is 30.2 Å². The van der Waals surface area contributed by atoms with E-state index in [1.807, 2.05) is 52.3 Å². The molecule has 222 valence electrons. The van der Waals surface area contributed by atoms with E-state index in [0.29, 0.717) is 72.7 Å². The van der Waals surface area contributed by atoms with Crippen molar-refractivity contribution >= 4 is 23.2 Å². The molecule has 2 saturated heterocycles. The highest BCUT2D eigenvalue weighted by molar-refractivity contribution is 7.14. The molecular formula is C32H34N6O4S. The lowest BCUT2D eigenvalue weighted by Crippen LogP contribution is -2.27. The van der Waals surface area contributed by atoms with Gasteiger partial charge in [-0.2, -0.15) is 0 Å². The summed E-state index contributed by atoms with van der Waals surface area (Å²) in [5, 5.41) is 19.2. The molecule has 4 heterocycles. The molecule has 2 aromatic heterocycles. The first kappa shape index (κ1) is 27.7. The van der Waals surface area contributed by atoms with Crippen molar-refractivity contribution in [1.29, 1.82) is 0 Å². The number of benzene rings is 2. The molecule has 1 aliphatic carbocycles. The van der Waals surface area contributed by atoms with Crippen LogP contribution in [-0.2, 0) is 16.1 Å². The van der Waals surface area contributed by atoms with Crippen molar-refractivity contribution in [3.63, 3.8) is 0 Å². The molecule has 4 aromatic rings. The van der Waals surface area contributed by atoms with Crippen molar-refractivity contribution < 1.29 is 18.7 Å². The lowest BCUT2D eigenvalue weighted by Gasteiger charge is -2.19. The Morgan fingerprint density at radius 3 is 2.44 bits per heavy atom. The molecule has 2 amide bonds. The Bertz CT molecular complexity index is 1660. The van der Waals surface area contributed by atoms with Gasteiger partial charge in [0.15, 0.2) is 0 Å². The summed E-state index contributed by atoms with van der Waals surface area (Å²) in [5.41, 5.74) is 2.59. The zero-order valence-electron chi connectivity index (χ0n) is 24.5. The molecule has 10 nitrogen and oxygen atoms in total. The largest absolute Gasteiger partial charge is 0.457 e. The fourth-order valence-electron chi connectivity index (χ4n) is 5.77. The monoisotopic (exact) mass is 598 g/mol. The Morgan fingerprint density at radius 2 is 1.74 bits per heavy atom. The maximum atomic E-state index is 12.6. The minimum absolute atomic E-state index is 0.0873. The highest BCUT2D eigenvalue weighted by Crippen LogP contribution is 2.38. The second-order valence-corrected chi connectivity index (χ2v) is 13.3. The van der Waals surface area contributed by atoms with Crippen LogP contribution in [0.1, 0.15) is 74.8 Å². The molecular weight excluding hydrogens is 564 g/mol. The molecule has 2 aliphatic heterocycles. The van der Waals surface area contributed by atoms with Crippen LogP contribution in [0.3, 0.4) is 0 Å². The Morgan fingerprint density at radius 1 is 0.953 bits per heavy atom. The quantitative estimate of drug-likeness (QED) is 0.230. The van der Waals surface area contributed by atoms with E-state index >= 15 is 0 Å². The molecule has 11 heteroatoms. The van der Waals surface area contributed by atoms with Gasteiger partial charge in [0.05, 0.1) is 5.92 Å². The fourth-order valence-corrected chi connectivity index (χ4v) is 6.62. The van der Waals surface area contributed by atoms with E-state index in [2.05, 4.69) is 41.2 Å². The summed E-state index contributed by atoms with van der Waals surface area (Å²) in [6, 6.07) is 13.9. The molecule has 0 radical (unpaired) electrons. The Hall–Kier alpha value is -4.12. The third kappa shape index (κ3) is 5.78. The van der Waals surface area contributed by atoms with Gasteiger partial charge in [-0.3, -0.25) is 9.59 Å². The summed E-state index contributed by atoms with van der Waals surface area (Å²) in [7, 11) is 0. The Labute approximate surface area is 254 Å². The van der Waals surface area contributed by atoms with Crippen molar-refractivity contribution in [2.24, 2.45) is 5.92 Å². The third-order valence-electron chi connectivity index (χ3n) is 8.28. The minimum atomic E-state index is -0.0873. The second kappa shape index (κ2) is 11.2. The molecule has 43 heavy (non-hydrogen) atoms. The molecule has 0 spiro atoms. The highest BCUT2D eigenvalue weighted by Gasteiger charge is 2.41. The van der Waals surface area contributed by atoms with Crippen molar-refractivity contribution in [3.8, 4) is 33.5 Å². The number of hydrogen-bond acceptors (Lipinski definition) is 9. The Balaban J connectivity index is 1.14. The first-order valence-corrected chi connectivity index (χ1v) is 15.8. The van der Waals surface area contributed by atoms with E-state index < -0.39 is 0 Å². The van der Waals surface area contributed by atoms with Gasteiger partial charge in [-0.1, -0.05) is 38.2 Å². The number of carbonyl (C=O) groups excluding carboxylic acids is 2. The molecule has 2 atom stereocenters. The van der Waals surface area contributed by atoms with Crippen LogP contribution in [0.5, 0.6) is 11.5 Å². The summed E-state index contributed by atoms with van der Waals surface area (Å²) in [6.45, 7) is 8.12. The molecule has 3 aliphatic rings. The highest BCUT2D eigenvalue weighted by atomic mass is 32.1. The SMILES string of the molecule is CC(C)c1nnc(-c2ccc(Oc3cc(-c4nnc(C5CC(=O)N(C6CC6)C5)o4)ccc3CN3C[C@@H](C)CC3=O)cc2)s1. The van der Waals surface area contributed by atoms with E-state index in [1.54, 1.807) is 11.3 Å². The van der Waals surface area contributed by atoms with Gasteiger partial charge in [-0.25, -0.2) is 0 Å². The molecule has 0 bridgehead atoms. The first-order chi connectivity index (χ1) is 20.8. The van der Waals surface area contributed by atoms with Crippen molar-refractivity contribution in [3.05, 3.63) is 58.9 Å². The topological polar surface area (TPSA) is 115 Å². The number of carbonyl (C=O) groups is 2. The number of rotatable bonds is 9. The van der Waals surface area contributed by atoms with E-state index in [1.165, 1.54) is 0 Å². The van der Waals surface area contributed by atoms with Crippen LogP contribution in [0.15, 0.2) is 46.9 Å². The van der Waals surface area contributed by atoms with Gasteiger partial charge in [-0.05, 0) is 55.2 Å². The van der Waals surface area contributed by atoms with E-state index in [4.69, 9.17) is 9.15 Å². The minimum Gasteiger partial charge on any atom is -0.457 e. The maximum Gasteiger partial charge on any atom is 0.247 e. The van der Waals surface area contributed by atoms with E-state index in [0.717, 1.165) is 40.5 Å². The molecule has 2 aromatic carbocycles. The van der Waals surface area contributed by atoms with Crippen LogP contribution in [-0.4, -0.2) is 61.1 Å². The van der Waals surface area contributed by atoms with Crippen LogP contribution < -0.4 is 4.74 Å². The van der Waals surface area contributed by atoms with Crippen LogP contribution >= 0.6 is 11.3 Å². The van der Waals surface area contributed by atoms with Gasteiger partial charge in [0, 0.05) is 61.1 Å². The lowest BCUT2D eigenvalue weighted by molar-refractivity contribution is -0.129. The fraction of sp³-hybridized carbons (Fsp3) is 0.438. The summed E-state index contributed by atoms with van der Waals surface area (Å²) >= 11 is 1.59. The lowest BCUT2D eigenvalue weighted by atomic mass is 10.1. The standard InChI is InChI=1S/C32H34N6O4S/c1-18(2)31-35-36-32(43-31)20-6-10-25(11-7-20)41-26-13-21(4-5-22(26)16-37-15-19(3)12-27(37)39)29-33-34-30(42-29)23-14-28(40)38(17-23)24-8-9-24/h4-7,10-11,13,18-19,23-24H,8-9,12,14-17H2,1-3H3/t19-,23?/m0/s1. The molecule has 7 rings (SSSR count). The maximum absolute atomic E-state index is 12.6. The van der Waals surface area contributed by atoms with E-state index in [-0.39, 0.29) is 17.7 Å². The van der Waals surface area contributed by atoms with Crippen LogP contribution in [0.2, 0.25) is 0 Å². The smallest absolute Gasteiger partial charge is 0.247 e. The van der Waals surface area contributed by atoms with Crippen LogP contribution in [0.4, 0.5) is 0 Å². The zero-order chi connectivity index (χ0) is 29.7. The van der Waals surface area contributed by atoms with Gasteiger partial charge in [0.25, 0.3) is 0 Å². The van der Waals surface area contributed by atoms with Gasteiger partial charge >= 0.3 is 0 Å². The first-order valence-electron chi connectivity index (χ1n) is 15.0. The molecule has 3 fully saturated rings. The summed E-state index contributed by atoms with van der Waals surface area (Å²) in [5.74, 6) is 3.03. The number of ether oxygens (including phenoxy) is 1. The number of nitrogens with zero attached hydrogens (tertiary/aromatic N) is 6. The third-order valence-corrected chi connectivity index (χ3v) is 9.56. The van der Waals surface area contributed by atoms with Gasteiger partial charge < -0.3 is 19.0 Å². The summed E-state index contributed by atoms with van der Waals surface area (Å²) in [6.07, 6.45) is 3.12. The second-order valence-electron chi connectivity index (χ2n) is 12.3. The average molecular weight is 599 g/mol. The zero-order valence-corrected chi connectivity index (χ0v) is 25.3. The normalized spacial score (nSPS) is 20.6. The number of hydrogen-bond donors (Lipinski definition) is 0. The van der Waals surface area contributed by atoms with Crippen molar-refractivity contribution in [2.75, 3.05) is 13.1 Å². The van der Waals surface area contributed by atoms with E-state index in [9.17, 15) is 9.59 Å². The van der Waals surface area contributed by atoms with Gasteiger partial charge in [0.2, 0.25) is 23.6 Å². The van der Waals surface area contributed by atoms with Crippen LogP contribution in [0.25, 0.3) is 22.0 Å². The molecule has 0 N–H and O–H groups in total. The molecule has 1 saturated carbocycles. The molecule has 1 unspecified atom stereocenters. The van der Waals surface area contributed by atoms with Gasteiger partial charge in [0.1, 0.15) is 21.5 Å². The number of amides is 2. The van der Waals surface area contributed by atoms with Crippen LogP contribution in [0, 0.1) is 5.92 Å². The number of likely N-dealkylation sites (tertiary alicyclic amines) is 2. The van der Waals surface area contributed by atoms with Crippen molar-refractivity contribution in [2.45, 2.75) is 70.9 Å². The Kier molecular flexibility index (Phi) is 7.20. The van der Waals surface area contributed by atoms with Gasteiger partial charge in [-0.15, -0.1) is 20.4 Å². The summed E-state index contributed by atoms with van der Waals surface area (Å²) in [4.78, 5) is 28.9. The predicted molar refractivity (Wildman–Crippen MR) is 161 cm³/mol. The predicted octanol–water partition coefficient (Wildman–Crippen LogP) is 6.02. The number of aromatic nitrogens is 4. The summed E-state index contributed by atoms with van der Waals surface area (Å²) < 4.78 is 12.5. The average Bonchev–Trinajstić information content (AvgIpc) is 3.34.